The Labute approximate surface area is 108 Å². The highest BCUT2D eigenvalue weighted by atomic mass is 79.9. The van der Waals surface area contributed by atoms with Gasteiger partial charge in [-0.25, -0.2) is 0 Å². The van der Waals surface area contributed by atoms with Crippen molar-refractivity contribution in [3.63, 3.8) is 0 Å². The van der Waals surface area contributed by atoms with Gasteiger partial charge in [0.05, 0.1) is 0 Å². The molecule has 0 amide bonds. The predicted molar refractivity (Wildman–Crippen MR) is 74.6 cm³/mol. The van der Waals surface area contributed by atoms with Gasteiger partial charge in [0.15, 0.2) is 0 Å². The average Bonchev–Trinajstić information content (AvgIpc) is 2.26. The van der Waals surface area contributed by atoms with Crippen LogP contribution in [0.4, 0.5) is 0 Å². The third-order valence-electron chi connectivity index (χ3n) is 3.23. The lowest BCUT2D eigenvalue weighted by Crippen LogP contribution is -2.29. The molecule has 0 heterocycles. The molecule has 1 nitrogen and oxygen atoms in total. The maximum Gasteiger partial charge on any atom is 0.0348 e. The fraction of sp³-hybridized carbons (Fsp3) is 0.571. The summed E-state index contributed by atoms with van der Waals surface area (Å²) in [7, 11) is 0. The van der Waals surface area contributed by atoms with E-state index in [4.69, 9.17) is 0 Å². The van der Waals surface area contributed by atoms with Crippen molar-refractivity contribution in [2.75, 3.05) is 6.54 Å². The van der Waals surface area contributed by atoms with Gasteiger partial charge in [0.1, 0.15) is 0 Å². The number of hydrogen-bond donors (Lipinski definition) is 1. The van der Waals surface area contributed by atoms with Crippen LogP contribution in [-0.2, 0) is 0 Å². The van der Waals surface area contributed by atoms with Gasteiger partial charge >= 0.3 is 0 Å². The zero-order valence-electron chi connectivity index (χ0n) is 10.6. The fourth-order valence-electron chi connectivity index (χ4n) is 1.88. The average molecular weight is 284 g/mol. The van der Waals surface area contributed by atoms with Gasteiger partial charge in [-0.1, -0.05) is 55.8 Å². The molecule has 2 atom stereocenters. The van der Waals surface area contributed by atoms with Crippen LogP contribution in [0, 0.1) is 11.8 Å². The minimum absolute atomic E-state index is 0.457. The SMILES string of the molecule is CCNC(c1ccc(Br)cc1)C(C)C(C)C. The van der Waals surface area contributed by atoms with E-state index in [1.807, 2.05) is 0 Å². The van der Waals surface area contributed by atoms with Gasteiger partial charge in [-0.15, -0.1) is 0 Å². The van der Waals surface area contributed by atoms with Crippen LogP contribution >= 0.6 is 15.9 Å². The Bertz CT molecular complexity index is 305. The molecule has 0 aliphatic rings. The summed E-state index contributed by atoms with van der Waals surface area (Å²) in [6, 6.07) is 9.10. The third kappa shape index (κ3) is 3.60. The molecule has 1 N–H and O–H groups in total. The topological polar surface area (TPSA) is 12.0 Å². The maximum absolute atomic E-state index is 3.58. The van der Waals surface area contributed by atoms with Gasteiger partial charge in [0, 0.05) is 10.5 Å². The van der Waals surface area contributed by atoms with Gasteiger partial charge in [-0.2, -0.15) is 0 Å². The summed E-state index contributed by atoms with van der Waals surface area (Å²) < 4.78 is 1.14. The van der Waals surface area contributed by atoms with E-state index in [1.54, 1.807) is 0 Å². The van der Waals surface area contributed by atoms with Gasteiger partial charge in [-0.3, -0.25) is 0 Å². The van der Waals surface area contributed by atoms with E-state index in [1.165, 1.54) is 5.56 Å². The second kappa shape index (κ2) is 6.41. The number of rotatable bonds is 5. The molecule has 0 fully saturated rings. The van der Waals surface area contributed by atoms with Crippen molar-refractivity contribution in [3.05, 3.63) is 34.3 Å². The first-order chi connectivity index (χ1) is 7.56. The molecule has 2 heteroatoms. The van der Waals surface area contributed by atoms with Gasteiger partial charge in [0.2, 0.25) is 0 Å². The zero-order valence-corrected chi connectivity index (χ0v) is 12.2. The summed E-state index contributed by atoms with van der Waals surface area (Å²) in [5.41, 5.74) is 1.38. The lowest BCUT2D eigenvalue weighted by atomic mass is 9.86. The summed E-state index contributed by atoms with van der Waals surface area (Å²) >= 11 is 3.48. The molecular formula is C14H22BrN. The van der Waals surface area contributed by atoms with Crippen molar-refractivity contribution in [1.29, 1.82) is 0 Å². The molecule has 1 rings (SSSR count). The number of nitrogens with one attached hydrogen (secondary N) is 1. The molecule has 1 aromatic rings. The third-order valence-corrected chi connectivity index (χ3v) is 3.76. The molecule has 0 aliphatic heterocycles. The molecule has 0 radical (unpaired) electrons. The normalized spacial score (nSPS) is 15.1. The van der Waals surface area contributed by atoms with Crippen LogP contribution in [0.25, 0.3) is 0 Å². The summed E-state index contributed by atoms with van der Waals surface area (Å²) in [4.78, 5) is 0. The van der Waals surface area contributed by atoms with Gasteiger partial charge in [-0.05, 0) is 36.1 Å². The van der Waals surface area contributed by atoms with E-state index in [0.29, 0.717) is 17.9 Å². The number of benzene rings is 1. The van der Waals surface area contributed by atoms with Crippen LogP contribution in [0.5, 0.6) is 0 Å². The van der Waals surface area contributed by atoms with Crippen LogP contribution in [0.2, 0.25) is 0 Å². The molecule has 0 saturated heterocycles. The lowest BCUT2D eigenvalue weighted by Gasteiger charge is -2.28. The molecule has 0 aliphatic carbocycles. The summed E-state index contributed by atoms with van der Waals surface area (Å²) in [6.45, 7) is 10.1. The van der Waals surface area contributed by atoms with E-state index in [-0.39, 0.29) is 0 Å². The first-order valence-electron chi connectivity index (χ1n) is 6.05. The molecule has 0 aromatic heterocycles. The second-order valence-corrected chi connectivity index (χ2v) is 5.61. The Morgan fingerprint density at radius 3 is 2.12 bits per heavy atom. The monoisotopic (exact) mass is 283 g/mol. The Balaban J connectivity index is 2.88. The van der Waals surface area contributed by atoms with Crippen LogP contribution in [0.15, 0.2) is 28.7 Å². The Hall–Kier alpha value is -0.340. The summed E-state index contributed by atoms with van der Waals surface area (Å²) in [5.74, 6) is 1.33. The molecule has 0 spiro atoms. The first-order valence-corrected chi connectivity index (χ1v) is 6.84. The van der Waals surface area contributed by atoms with Crippen molar-refractivity contribution in [2.24, 2.45) is 11.8 Å². The lowest BCUT2D eigenvalue weighted by molar-refractivity contribution is 0.307. The van der Waals surface area contributed by atoms with Crippen molar-refractivity contribution in [2.45, 2.75) is 33.7 Å². The molecular weight excluding hydrogens is 262 g/mol. The largest absolute Gasteiger partial charge is 0.310 e. The molecule has 2 unspecified atom stereocenters. The molecule has 16 heavy (non-hydrogen) atoms. The number of halogens is 1. The first kappa shape index (κ1) is 13.7. The summed E-state index contributed by atoms with van der Waals surface area (Å²) in [6.07, 6.45) is 0. The highest BCUT2D eigenvalue weighted by Crippen LogP contribution is 2.28. The van der Waals surface area contributed by atoms with Gasteiger partial charge < -0.3 is 5.32 Å². The molecule has 0 saturated carbocycles. The predicted octanol–water partition coefficient (Wildman–Crippen LogP) is 4.39. The standard InChI is InChI=1S/C14H22BrN/c1-5-16-14(11(4)10(2)3)12-6-8-13(15)9-7-12/h6-11,14,16H,5H2,1-4H3. The van der Waals surface area contributed by atoms with Gasteiger partial charge in [0.25, 0.3) is 0 Å². The second-order valence-electron chi connectivity index (χ2n) is 4.69. The zero-order chi connectivity index (χ0) is 12.1. The Morgan fingerprint density at radius 1 is 1.12 bits per heavy atom. The molecule has 1 aromatic carbocycles. The molecule has 90 valence electrons. The fourth-order valence-corrected chi connectivity index (χ4v) is 2.15. The van der Waals surface area contributed by atoms with E-state index >= 15 is 0 Å². The van der Waals surface area contributed by atoms with Crippen LogP contribution in [0.1, 0.15) is 39.3 Å². The van der Waals surface area contributed by atoms with Crippen molar-refractivity contribution >= 4 is 15.9 Å². The molecule has 0 bridgehead atoms. The van der Waals surface area contributed by atoms with Crippen LogP contribution in [0.3, 0.4) is 0 Å². The maximum atomic E-state index is 3.58. The van der Waals surface area contributed by atoms with Crippen molar-refractivity contribution < 1.29 is 0 Å². The Kier molecular flexibility index (Phi) is 5.50. The van der Waals surface area contributed by atoms with Crippen LogP contribution < -0.4 is 5.32 Å². The minimum Gasteiger partial charge on any atom is -0.310 e. The van der Waals surface area contributed by atoms with Crippen LogP contribution in [-0.4, -0.2) is 6.54 Å². The highest BCUT2D eigenvalue weighted by molar-refractivity contribution is 9.10. The van der Waals surface area contributed by atoms with E-state index in [9.17, 15) is 0 Å². The van der Waals surface area contributed by atoms with E-state index in [0.717, 1.165) is 11.0 Å². The van der Waals surface area contributed by atoms with Crippen molar-refractivity contribution in [1.82, 2.24) is 5.32 Å². The quantitative estimate of drug-likeness (QED) is 0.845. The van der Waals surface area contributed by atoms with E-state index < -0.39 is 0 Å². The smallest absolute Gasteiger partial charge is 0.0348 e. The highest BCUT2D eigenvalue weighted by Gasteiger charge is 2.20. The van der Waals surface area contributed by atoms with Crippen molar-refractivity contribution in [3.8, 4) is 0 Å². The Morgan fingerprint density at radius 2 is 1.69 bits per heavy atom. The van der Waals surface area contributed by atoms with E-state index in [2.05, 4.69) is 73.2 Å². The minimum atomic E-state index is 0.457. The number of hydrogen-bond acceptors (Lipinski definition) is 1. The summed E-state index contributed by atoms with van der Waals surface area (Å²) in [5, 5.41) is 3.58.